The first kappa shape index (κ1) is 10.6. The van der Waals surface area contributed by atoms with Gasteiger partial charge in [0.1, 0.15) is 11.9 Å². The molecule has 1 heterocycles. The highest BCUT2D eigenvalue weighted by atomic mass is 16.5. The molecule has 1 unspecified atom stereocenters. The van der Waals surface area contributed by atoms with Crippen molar-refractivity contribution in [2.24, 2.45) is 0 Å². The van der Waals surface area contributed by atoms with Gasteiger partial charge in [0.15, 0.2) is 5.82 Å². The Kier molecular flexibility index (Phi) is 3.12. The third-order valence-electron chi connectivity index (χ3n) is 2.27. The Hall–Kier alpha value is -1.94. The second-order valence-electron chi connectivity index (χ2n) is 3.37. The highest BCUT2D eigenvalue weighted by molar-refractivity contribution is 5.29. The zero-order chi connectivity index (χ0) is 11.4. The van der Waals surface area contributed by atoms with Crippen LogP contribution in [0.25, 0.3) is 0 Å². The molecule has 1 aromatic carbocycles. The van der Waals surface area contributed by atoms with E-state index in [4.69, 9.17) is 10.5 Å². The van der Waals surface area contributed by atoms with Crippen LogP contribution in [0.3, 0.4) is 0 Å². The Labute approximate surface area is 94.1 Å². The molecule has 0 saturated heterocycles. The smallest absolute Gasteiger partial charge is 0.164 e. The molecule has 0 bridgehead atoms. The zero-order valence-electron chi connectivity index (χ0n) is 9.00. The topological polar surface area (TPSA) is 61.0 Å². The summed E-state index contributed by atoms with van der Waals surface area (Å²) in [5.74, 6) is 1.02. The lowest BCUT2D eigenvalue weighted by Gasteiger charge is -2.14. The standard InChI is InChI=1S/C12H13N3O/c1-16-11(9-5-3-2-4-6-9)12-14-8-7-10(13)15-12/h2-8,11H,1H3,(H2,13,14,15). The van der Waals surface area contributed by atoms with Gasteiger partial charge in [0.25, 0.3) is 0 Å². The summed E-state index contributed by atoms with van der Waals surface area (Å²) in [5, 5.41) is 0. The molecule has 0 aliphatic carbocycles. The maximum atomic E-state index is 5.62. The van der Waals surface area contributed by atoms with Crippen LogP contribution in [-0.4, -0.2) is 17.1 Å². The van der Waals surface area contributed by atoms with Gasteiger partial charge in [0.2, 0.25) is 0 Å². The Morgan fingerprint density at radius 2 is 1.94 bits per heavy atom. The number of rotatable bonds is 3. The number of anilines is 1. The van der Waals surface area contributed by atoms with Crippen LogP contribution in [0.1, 0.15) is 17.5 Å². The SMILES string of the molecule is COC(c1ccccc1)c1nccc(N)n1. The number of aromatic nitrogens is 2. The minimum atomic E-state index is -0.273. The highest BCUT2D eigenvalue weighted by Crippen LogP contribution is 2.22. The Morgan fingerprint density at radius 3 is 2.56 bits per heavy atom. The summed E-state index contributed by atoms with van der Waals surface area (Å²) < 4.78 is 5.40. The summed E-state index contributed by atoms with van der Waals surface area (Å²) in [7, 11) is 1.63. The minimum absolute atomic E-state index is 0.273. The van der Waals surface area contributed by atoms with Crippen LogP contribution in [0.4, 0.5) is 5.82 Å². The molecule has 0 aliphatic rings. The predicted molar refractivity (Wildman–Crippen MR) is 61.7 cm³/mol. The second kappa shape index (κ2) is 4.72. The highest BCUT2D eigenvalue weighted by Gasteiger charge is 2.15. The molecule has 0 saturated carbocycles. The van der Waals surface area contributed by atoms with E-state index >= 15 is 0 Å². The van der Waals surface area contributed by atoms with Crippen molar-refractivity contribution in [3.8, 4) is 0 Å². The van der Waals surface area contributed by atoms with Crippen molar-refractivity contribution in [3.05, 3.63) is 54.0 Å². The van der Waals surface area contributed by atoms with E-state index < -0.39 is 0 Å². The number of benzene rings is 1. The molecule has 0 fully saturated rings. The fourth-order valence-electron chi connectivity index (χ4n) is 1.53. The van der Waals surface area contributed by atoms with E-state index in [1.54, 1.807) is 19.4 Å². The predicted octanol–water partition coefficient (Wildman–Crippen LogP) is 1.79. The number of methoxy groups -OCH3 is 1. The summed E-state index contributed by atoms with van der Waals surface area (Å²) in [5.41, 5.74) is 6.63. The van der Waals surface area contributed by atoms with Gasteiger partial charge in [-0.05, 0) is 11.6 Å². The van der Waals surface area contributed by atoms with Crippen molar-refractivity contribution < 1.29 is 4.74 Å². The van der Waals surface area contributed by atoms with Crippen LogP contribution in [0.15, 0.2) is 42.6 Å². The van der Waals surface area contributed by atoms with Crippen LogP contribution in [-0.2, 0) is 4.74 Å². The third-order valence-corrected chi connectivity index (χ3v) is 2.27. The van der Waals surface area contributed by atoms with E-state index in [1.165, 1.54) is 0 Å². The quantitative estimate of drug-likeness (QED) is 0.848. The molecule has 4 heteroatoms. The van der Waals surface area contributed by atoms with Gasteiger partial charge in [-0.15, -0.1) is 0 Å². The van der Waals surface area contributed by atoms with E-state index in [1.807, 2.05) is 30.3 Å². The first-order valence-corrected chi connectivity index (χ1v) is 4.97. The van der Waals surface area contributed by atoms with E-state index in [0.717, 1.165) is 5.56 Å². The normalized spacial score (nSPS) is 12.3. The molecule has 0 aliphatic heterocycles. The number of nitrogen functional groups attached to an aromatic ring is 1. The molecular formula is C12H13N3O. The first-order chi connectivity index (χ1) is 7.81. The van der Waals surface area contributed by atoms with Gasteiger partial charge in [0.05, 0.1) is 0 Å². The minimum Gasteiger partial charge on any atom is -0.384 e. The van der Waals surface area contributed by atoms with E-state index in [-0.39, 0.29) is 6.10 Å². The van der Waals surface area contributed by atoms with Crippen molar-refractivity contribution >= 4 is 5.82 Å². The lowest BCUT2D eigenvalue weighted by atomic mass is 10.1. The molecule has 2 N–H and O–H groups in total. The van der Waals surface area contributed by atoms with E-state index in [9.17, 15) is 0 Å². The molecule has 1 aromatic heterocycles. The Morgan fingerprint density at radius 1 is 1.19 bits per heavy atom. The van der Waals surface area contributed by atoms with Crippen LogP contribution in [0.5, 0.6) is 0 Å². The third kappa shape index (κ3) is 2.17. The molecule has 4 nitrogen and oxygen atoms in total. The monoisotopic (exact) mass is 215 g/mol. The van der Waals surface area contributed by atoms with Gasteiger partial charge in [-0.3, -0.25) is 0 Å². The molecule has 16 heavy (non-hydrogen) atoms. The molecule has 0 amide bonds. The Balaban J connectivity index is 2.37. The lowest BCUT2D eigenvalue weighted by molar-refractivity contribution is 0.129. The molecule has 82 valence electrons. The number of hydrogen-bond donors (Lipinski definition) is 1. The maximum absolute atomic E-state index is 5.62. The van der Waals surface area contributed by atoms with Gasteiger partial charge < -0.3 is 10.5 Å². The zero-order valence-corrected chi connectivity index (χ0v) is 9.00. The summed E-state index contributed by atoms with van der Waals surface area (Å²) in [6.45, 7) is 0. The lowest BCUT2D eigenvalue weighted by Crippen LogP contribution is -2.09. The van der Waals surface area contributed by atoms with Gasteiger partial charge in [-0.1, -0.05) is 30.3 Å². The average molecular weight is 215 g/mol. The van der Waals surface area contributed by atoms with Crippen molar-refractivity contribution in [2.45, 2.75) is 6.10 Å². The number of ether oxygens (including phenoxy) is 1. The van der Waals surface area contributed by atoms with Crippen LogP contribution < -0.4 is 5.73 Å². The van der Waals surface area contributed by atoms with Gasteiger partial charge in [-0.25, -0.2) is 9.97 Å². The first-order valence-electron chi connectivity index (χ1n) is 4.97. The van der Waals surface area contributed by atoms with Crippen LogP contribution in [0, 0.1) is 0 Å². The average Bonchev–Trinajstić information content (AvgIpc) is 2.31. The van der Waals surface area contributed by atoms with Crippen LogP contribution in [0.2, 0.25) is 0 Å². The van der Waals surface area contributed by atoms with Crippen molar-refractivity contribution in [1.82, 2.24) is 9.97 Å². The molecule has 2 aromatic rings. The molecule has 0 radical (unpaired) electrons. The van der Waals surface area contributed by atoms with Crippen molar-refractivity contribution in [1.29, 1.82) is 0 Å². The molecule has 1 atom stereocenters. The van der Waals surface area contributed by atoms with Crippen molar-refractivity contribution in [3.63, 3.8) is 0 Å². The maximum Gasteiger partial charge on any atom is 0.164 e. The summed E-state index contributed by atoms with van der Waals surface area (Å²) in [6, 6.07) is 11.5. The fraction of sp³-hybridized carbons (Fsp3) is 0.167. The van der Waals surface area contributed by atoms with Gasteiger partial charge in [-0.2, -0.15) is 0 Å². The Bertz CT molecular complexity index is 459. The summed E-state index contributed by atoms with van der Waals surface area (Å²) in [4.78, 5) is 8.33. The van der Waals surface area contributed by atoms with E-state index in [2.05, 4.69) is 9.97 Å². The van der Waals surface area contributed by atoms with Crippen LogP contribution >= 0.6 is 0 Å². The molecular weight excluding hydrogens is 202 g/mol. The number of nitrogens with two attached hydrogens (primary N) is 1. The summed E-state index contributed by atoms with van der Waals surface area (Å²) in [6.07, 6.45) is 1.36. The second-order valence-corrected chi connectivity index (χ2v) is 3.37. The van der Waals surface area contributed by atoms with Crippen molar-refractivity contribution in [2.75, 3.05) is 12.8 Å². The number of hydrogen-bond acceptors (Lipinski definition) is 4. The van der Waals surface area contributed by atoms with Gasteiger partial charge >= 0.3 is 0 Å². The fourth-order valence-corrected chi connectivity index (χ4v) is 1.53. The number of nitrogens with zero attached hydrogens (tertiary/aromatic N) is 2. The summed E-state index contributed by atoms with van der Waals surface area (Å²) >= 11 is 0. The molecule has 0 spiro atoms. The molecule has 2 rings (SSSR count). The van der Waals surface area contributed by atoms with E-state index in [0.29, 0.717) is 11.6 Å². The van der Waals surface area contributed by atoms with Gasteiger partial charge in [0, 0.05) is 13.3 Å². The largest absolute Gasteiger partial charge is 0.384 e.